The first-order chi connectivity index (χ1) is 15.5. The minimum Gasteiger partial charge on any atom is -0.460 e. The van der Waals surface area contributed by atoms with E-state index in [4.69, 9.17) is 27.2 Å². The van der Waals surface area contributed by atoms with Crippen LogP contribution in [-0.2, 0) is 9.53 Å². The first-order valence-electron chi connectivity index (χ1n) is 10.2. The average molecular weight is 515 g/mol. The monoisotopic (exact) mass is 514 g/mol. The number of aliphatic imine (C=N–C) groups is 1. The summed E-state index contributed by atoms with van der Waals surface area (Å²) in [4.78, 5) is 16.1. The molecule has 0 radical (unpaired) electrons. The van der Waals surface area contributed by atoms with Gasteiger partial charge in [0.15, 0.2) is 0 Å². The predicted molar refractivity (Wildman–Crippen MR) is 131 cm³/mol. The van der Waals surface area contributed by atoms with E-state index < -0.39 is 17.8 Å². The van der Waals surface area contributed by atoms with Gasteiger partial charge in [-0.1, -0.05) is 23.7 Å². The van der Waals surface area contributed by atoms with Crippen LogP contribution in [0.2, 0.25) is 5.02 Å². The number of halogens is 4. The van der Waals surface area contributed by atoms with Gasteiger partial charge in [-0.05, 0) is 52.3 Å². The summed E-state index contributed by atoms with van der Waals surface area (Å²) < 4.78 is 44.4. The Morgan fingerprint density at radius 2 is 1.74 bits per heavy atom. The van der Waals surface area contributed by atoms with Gasteiger partial charge >= 0.3 is 12.1 Å². The summed E-state index contributed by atoms with van der Waals surface area (Å²) in [6.45, 7) is 10.3. The summed E-state index contributed by atoms with van der Waals surface area (Å²) in [5.41, 5.74) is 2.18. The number of nitrogens with one attached hydrogen (secondary N) is 2. The molecular formula is C23H26ClF3N4O2S. The lowest BCUT2D eigenvalue weighted by Gasteiger charge is -2.24. The maximum Gasteiger partial charge on any atom is 0.449 e. The van der Waals surface area contributed by atoms with Gasteiger partial charge in [-0.3, -0.25) is 25.5 Å². The Labute approximate surface area is 205 Å². The van der Waals surface area contributed by atoms with E-state index in [2.05, 4.69) is 4.99 Å². The number of ether oxygens (including phenoxy) is 1. The highest BCUT2D eigenvalue weighted by Crippen LogP contribution is 2.40. The van der Waals surface area contributed by atoms with Gasteiger partial charge in [0.05, 0.1) is 12.3 Å². The van der Waals surface area contributed by atoms with Crippen LogP contribution in [0.25, 0.3) is 0 Å². The van der Waals surface area contributed by atoms with Crippen LogP contribution in [0.15, 0.2) is 29.3 Å². The van der Waals surface area contributed by atoms with E-state index in [0.717, 1.165) is 21.8 Å². The highest BCUT2D eigenvalue weighted by atomic mass is 35.5. The van der Waals surface area contributed by atoms with Crippen LogP contribution < -0.4 is 4.90 Å². The maximum atomic E-state index is 13.2. The molecule has 0 bridgehead atoms. The molecule has 0 saturated carbocycles. The number of hydrogen-bond donors (Lipinski definition) is 2. The van der Waals surface area contributed by atoms with Crippen molar-refractivity contribution in [3.05, 3.63) is 50.9 Å². The van der Waals surface area contributed by atoms with Crippen LogP contribution >= 0.6 is 22.9 Å². The summed E-state index contributed by atoms with van der Waals surface area (Å²) >= 11 is 7.05. The fourth-order valence-corrected chi connectivity index (χ4v) is 4.43. The van der Waals surface area contributed by atoms with Crippen molar-refractivity contribution >= 4 is 51.3 Å². The van der Waals surface area contributed by atoms with Crippen molar-refractivity contribution < 1.29 is 22.7 Å². The Morgan fingerprint density at radius 3 is 2.18 bits per heavy atom. The smallest absolute Gasteiger partial charge is 0.449 e. The molecule has 2 aromatic rings. The summed E-state index contributed by atoms with van der Waals surface area (Å²) in [5, 5.41) is 16.4. The molecule has 0 fully saturated rings. The molecule has 184 valence electrons. The molecular weight excluding hydrogens is 489 g/mol. The number of carbonyl (C=O) groups excluding carboxylic acids is 1. The van der Waals surface area contributed by atoms with Crippen molar-refractivity contribution in [1.82, 2.24) is 0 Å². The molecule has 0 atom stereocenters. The molecule has 0 unspecified atom stereocenters. The lowest BCUT2D eigenvalue weighted by atomic mass is 10.00. The van der Waals surface area contributed by atoms with Crippen LogP contribution in [0.1, 0.15) is 49.3 Å². The largest absolute Gasteiger partial charge is 0.460 e. The zero-order valence-electron chi connectivity index (χ0n) is 19.6. The second-order valence-corrected chi connectivity index (χ2v) is 10.1. The summed E-state index contributed by atoms with van der Waals surface area (Å²) in [6, 6.07) is 6.84. The molecule has 1 aliphatic heterocycles. The molecule has 2 heterocycles. The molecule has 1 aromatic carbocycles. The number of esters is 1. The number of amidine groups is 2. The van der Waals surface area contributed by atoms with Crippen LogP contribution in [0, 0.1) is 24.7 Å². The minimum absolute atomic E-state index is 0.193. The van der Waals surface area contributed by atoms with Crippen LogP contribution in [0.4, 0.5) is 18.2 Å². The number of nitrogens with zero attached hydrogens (tertiary/aromatic N) is 2. The summed E-state index contributed by atoms with van der Waals surface area (Å²) in [5.74, 6) is -2.20. The Kier molecular flexibility index (Phi) is 8.31. The van der Waals surface area contributed by atoms with Crippen LogP contribution in [-0.4, -0.2) is 41.7 Å². The third kappa shape index (κ3) is 6.66. The first kappa shape index (κ1) is 27.5. The van der Waals surface area contributed by atoms with Crippen molar-refractivity contribution in [2.24, 2.45) is 4.99 Å². The molecule has 3 rings (SSSR count). The molecule has 11 heteroatoms. The lowest BCUT2D eigenvalue weighted by molar-refractivity contribution is -0.151. The van der Waals surface area contributed by atoms with Crippen molar-refractivity contribution in [3.8, 4) is 0 Å². The number of aryl methyl sites for hydroxylation is 1. The lowest BCUT2D eigenvalue weighted by Crippen LogP contribution is -2.44. The number of rotatable bonds is 1. The fourth-order valence-electron chi connectivity index (χ4n) is 3.11. The van der Waals surface area contributed by atoms with E-state index in [0.29, 0.717) is 26.8 Å². The normalized spacial score (nSPS) is 13.9. The average Bonchev–Trinajstić information content (AvgIpc) is 2.87. The third-order valence-corrected chi connectivity index (χ3v) is 5.97. The van der Waals surface area contributed by atoms with Crippen LogP contribution in [0.3, 0.4) is 0 Å². The van der Waals surface area contributed by atoms with Gasteiger partial charge < -0.3 is 4.74 Å². The number of hydrogen-bond acceptors (Lipinski definition) is 6. The van der Waals surface area contributed by atoms with Gasteiger partial charge in [-0.2, -0.15) is 13.2 Å². The van der Waals surface area contributed by atoms with Gasteiger partial charge in [0.2, 0.25) is 5.84 Å². The van der Waals surface area contributed by atoms with E-state index in [-0.39, 0.29) is 23.1 Å². The van der Waals surface area contributed by atoms with E-state index in [9.17, 15) is 18.0 Å². The Balaban J connectivity index is 0.000000440. The van der Waals surface area contributed by atoms with Gasteiger partial charge in [0.1, 0.15) is 16.4 Å². The Bertz CT molecular complexity index is 1130. The zero-order chi connectivity index (χ0) is 26.0. The number of benzene rings is 1. The molecule has 0 spiro atoms. The molecule has 6 nitrogen and oxygen atoms in total. The van der Waals surface area contributed by atoms with Gasteiger partial charge in [-0.25, -0.2) is 0 Å². The van der Waals surface area contributed by atoms with Crippen molar-refractivity contribution in [1.29, 1.82) is 10.8 Å². The molecule has 2 N–H and O–H groups in total. The van der Waals surface area contributed by atoms with Crippen LogP contribution in [0.5, 0.6) is 0 Å². The van der Waals surface area contributed by atoms with Crippen molar-refractivity contribution in [2.45, 2.75) is 53.3 Å². The fraction of sp³-hybridized carbons (Fsp3) is 0.391. The Morgan fingerprint density at radius 1 is 1.18 bits per heavy atom. The van der Waals surface area contributed by atoms with Crippen molar-refractivity contribution in [2.75, 3.05) is 11.4 Å². The number of fused-ring (bicyclic) bond motifs is 1. The third-order valence-electron chi connectivity index (χ3n) is 4.52. The maximum absolute atomic E-state index is 13.2. The topological polar surface area (TPSA) is 89.6 Å². The van der Waals surface area contributed by atoms with Gasteiger partial charge in [0, 0.05) is 28.0 Å². The number of anilines is 1. The second kappa shape index (κ2) is 10.3. The number of carbonyl (C=O) groups is 1. The predicted octanol–water partition coefficient (Wildman–Crippen LogP) is 6.54. The summed E-state index contributed by atoms with van der Waals surface area (Å²) in [6.07, 6.45) is -4.86. The Hall–Kier alpha value is -2.72. The quantitative estimate of drug-likeness (QED) is 0.257. The molecule has 0 aliphatic carbocycles. The van der Waals surface area contributed by atoms with E-state index in [1.165, 1.54) is 6.92 Å². The molecule has 1 aliphatic rings. The minimum atomic E-state index is -4.86. The molecule has 1 aromatic heterocycles. The number of thiophene rings is 1. The summed E-state index contributed by atoms with van der Waals surface area (Å²) in [7, 11) is 0. The first-order valence-corrected chi connectivity index (χ1v) is 11.4. The van der Waals surface area contributed by atoms with E-state index in [1.54, 1.807) is 38.1 Å². The van der Waals surface area contributed by atoms with Crippen molar-refractivity contribution in [3.63, 3.8) is 0 Å². The second-order valence-electron chi connectivity index (χ2n) is 8.47. The number of alkyl halides is 3. The highest BCUT2D eigenvalue weighted by Gasteiger charge is 2.43. The van der Waals surface area contributed by atoms with E-state index >= 15 is 0 Å². The molecule has 0 saturated heterocycles. The standard InChI is InChI=1S/C17H14ClF3N4S.C6H12O2/c1-8-9(2)26-15-13(8)14(10-3-5-11(18)6-4-10)24-7-12(22)25(15)16(23)17(19,20)21;1-5(7)8-6(2,3)4/h3-6,22-23H,7H2,1-2H3;1-4H3. The highest BCUT2D eigenvalue weighted by molar-refractivity contribution is 7.17. The molecule has 34 heavy (non-hydrogen) atoms. The molecule has 0 amide bonds. The van der Waals surface area contributed by atoms with E-state index in [1.807, 2.05) is 20.8 Å². The van der Waals surface area contributed by atoms with Gasteiger partial charge in [-0.15, -0.1) is 11.3 Å². The van der Waals surface area contributed by atoms with Gasteiger partial charge in [0.25, 0.3) is 0 Å². The zero-order valence-corrected chi connectivity index (χ0v) is 21.2. The SMILES string of the molecule is CC(=O)OC(C)(C)C.Cc1sc2c(c1C)C(c1ccc(Cl)cc1)=NCC(=N)N2C(=N)C(F)(F)F.